The topological polar surface area (TPSA) is 26.3 Å². The molecule has 0 atom stereocenters. The largest absolute Gasteiger partial charge is 0.462 e. The lowest BCUT2D eigenvalue weighted by molar-refractivity contribution is 0.0498. The van der Waals surface area contributed by atoms with E-state index in [-0.39, 0.29) is 11.8 Å². The molecule has 0 bridgehead atoms. The smallest absolute Gasteiger partial charge is 0.338 e. The molecule has 1 fully saturated rings. The Kier molecular flexibility index (Phi) is 10.4. The zero-order chi connectivity index (χ0) is 23.5. The lowest BCUT2D eigenvalue weighted by atomic mass is 9.77. The number of carbonyl (C=O) groups is 1. The summed E-state index contributed by atoms with van der Waals surface area (Å²) in [6, 6.07) is 12.8. The van der Waals surface area contributed by atoms with E-state index in [0.717, 1.165) is 42.7 Å². The van der Waals surface area contributed by atoms with Crippen LogP contribution in [0, 0.1) is 11.7 Å². The molecule has 2 aromatic rings. The van der Waals surface area contributed by atoms with Crippen LogP contribution in [0.3, 0.4) is 0 Å². The van der Waals surface area contributed by atoms with Gasteiger partial charge in [-0.2, -0.15) is 0 Å². The number of halogens is 1. The van der Waals surface area contributed by atoms with Crippen molar-refractivity contribution in [1.29, 1.82) is 0 Å². The summed E-state index contributed by atoms with van der Waals surface area (Å²) in [5, 5.41) is 0. The molecule has 0 aliphatic heterocycles. The van der Waals surface area contributed by atoms with Crippen LogP contribution in [0.2, 0.25) is 0 Å². The number of hydrogen-bond donors (Lipinski definition) is 0. The van der Waals surface area contributed by atoms with Crippen LogP contribution in [-0.4, -0.2) is 12.6 Å². The molecule has 2 nitrogen and oxygen atoms in total. The molecule has 0 heterocycles. The first-order valence-corrected chi connectivity index (χ1v) is 13.2. The number of carbonyl (C=O) groups excluding carboxylic acids is 1. The van der Waals surface area contributed by atoms with Gasteiger partial charge in [-0.25, -0.2) is 9.18 Å². The van der Waals surface area contributed by atoms with Gasteiger partial charge in [0.1, 0.15) is 5.82 Å². The SMILES string of the molecule is CCCCCCOC(=O)c1ccc(-c2ccc(C3CCC(CCCCC)CC3)cc2F)cc1. The molecule has 1 aliphatic carbocycles. The molecule has 3 rings (SSSR count). The number of unbranched alkanes of at least 4 members (excludes halogenated alkanes) is 5. The minimum atomic E-state index is -0.306. The Morgan fingerprint density at radius 2 is 1.58 bits per heavy atom. The summed E-state index contributed by atoms with van der Waals surface area (Å²) in [7, 11) is 0. The fraction of sp³-hybridized carbons (Fsp3) is 0.567. The molecule has 2 aromatic carbocycles. The highest BCUT2D eigenvalue weighted by Crippen LogP contribution is 2.39. The molecule has 1 saturated carbocycles. The predicted molar refractivity (Wildman–Crippen MR) is 135 cm³/mol. The minimum Gasteiger partial charge on any atom is -0.462 e. The molecule has 3 heteroatoms. The Labute approximate surface area is 199 Å². The fourth-order valence-electron chi connectivity index (χ4n) is 5.05. The fourth-order valence-corrected chi connectivity index (χ4v) is 5.05. The maximum Gasteiger partial charge on any atom is 0.338 e. The minimum absolute atomic E-state index is 0.177. The molecule has 0 spiro atoms. The van der Waals surface area contributed by atoms with E-state index in [1.54, 1.807) is 18.2 Å². The molecule has 180 valence electrons. The Morgan fingerprint density at radius 3 is 2.24 bits per heavy atom. The van der Waals surface area contributed by atoms with Crippen molar-refractivity contribution >= 4 is 5.97 Å². The van der Waals surface area contributed by atoms with Crippen LogP contribution in [-0.2, 0) is 4.74 Å². The van der Waals surface area contributed by atoms with E-state index in [0.29, 0.717) is 23.7 Å². The summed E-state index contributed by atoms with van der Waals surface area (Å²) in [4.78, 5) is 12.2. The quantitative estimate of drug-likeness (QED) is 0.237. The highest BCUT2D eigenvalue weighted by Gasteiger charge is 2.23. The van der Waals surface area contributed by atoms with Crippen molar-refractivity contribution in [3.63, 3.8) is 0 Å². The molecule has 0 radical (unpaired) electrons. The van der Waals surface area contributed by atoms with E-state index in [1.807, 2.05) is 18.2 Å². The van der Waals surface area contributed by atoms with Gasteiger partial charge in [-0.1, -0.05) is 83.1 Å². The average Bonchev–Trinajstić information content (AvgIpc) is 2.84. The van der Waals surface area contributed by atoms with Gasteiger partial charge in [-0.3, -0.25) is 0 Å². The molecule has 0 amide bonds. The van der Waals surface area contributed by atoms with Crippen molar-refractivity contribution in [3.05, 3.63) is 59.4 Å². The first kappa shape index (κ1) is 25.5. The van der Waals surface area contributed by atoms with E-state index in [4.69, 9.17) is 4.74 Å². The summed E-state index contributed by atoms with van der Waals surface area (Å²) < 4.78 is 20.4. The number of ether oxygens (including phenoxy) is 1. The molecule has 0 unspecified atom stereocenters. The van der Waals surface area contributed by atoms with Gasteiger partial charge in [0.2, 0.25) is 0 Å². The van der Waals surface area contributed by atoms with Crippen molar-refractivity contribution in [3.8, 4) is 11.1 Å². The summed E-state index contributed by atoms with van der Waals surface area (Å²) in [5.41, 5.74) is 3.03. The first-order chi connectivity index (χ1) is 16.1. The summed E-state index contributed by atoms with van der Waals surface area (Å²) in [6.45, 7) is 4.87. The molecule has 1 aliphatic rings. The molecule has 33 heavy (non-hydrogen) atoms. The van der Waals surface area contributed by atoms with Crippen LogP contribution in [0.1, 0.15) is 113 Å². The van der Waals surface area contributed by atoms with Crippen LogP contribution < -0.4 is 0 Å². The van der Waals surface area contributed by atoms with Crippen molar-refractivity contribution < 1.29 is 13.9 Å². The Hall–Kier alpha value is -2.16. The lowest BCUT2D eigenvalue weighted by Crippen LogP contribution is -2.13. The summed E-state index contributed by atoms with van der Waals surface area (Å²) in [5.74, 6) is 0.854. The van der Waals surface area contributed by atoms with E-state index in [2.05, 4.69) is 19.9 Å². The third kappa shape index (κ3) is 7.69. The molecular weight excluding hydrogens is 411 g/mol. The van der Waals surface area contributed by atoms with Crippen molar-refractivity contribution in [2.75, 3.05) is 6.61 Å². The van der Waals surface area contributed by atoms with Gasteiger partial charge in [0.05, 0.1) is 12.2 Å². The van der Waals surface area contributed by atoms with Crippen LogP contribution in [0.4, 0.5) is 4.39 Å². The van der Waals surface area contributed by atoms with Gasteiger partial charge < -0.3 is 4.74 Å². The second-order valence-electron chi connectivity index (χ2n) is 9.73. The highest BCUT2D eigenvalue weighted by molar-refractivity contribution is 5.90. The zero-order valence-corrected chi connectivity index (χ0v) is 20.6. The van der Waals surface area contributed by atoms with Crippen LogP contribution in [0.15, 0.2) is 42.5 Å². The maximum absolute atomic E-state index is 15.0. The highest BCUT2D eigenvalue weighted by atomic mass is 19.1. The second-order valence-corrected chi connectivity index (χ2v) is 9.73. The number of rotatable bonds is 12. The van der Waals surface area contributed by atoms with Crippen LogP contribution >= 0.6 is 0 Å². The average molecular weight is 453 g/mol. The van der Waals surface area contributed by atoms with E-state index in [9.17, 15) is 4.79 Å². The monoisotopic (exact) mass is 452 g/mol. The maximum atomic E-state index is 15.0. The van der Waals surface area contributed by atoms with Crippen molar-refractivity contribution in [2.45, 2.75) is 96.8 Å². The standard InChI is InChI=1S/C30H41FO2/c1-3-5-7-9-21-33-30(32)26-17-15-25(16-18-26)28-20-19-27(22-29(28)31)24-13-11-23(12-14-24)10-8-6-4-2/h15-20,22-24H,3-14,21H2,1-2H3. The Morgan fingerprint density at radius 1 is 0.879 bits per heavy atom. The third-order valence-corrected chi connectivity index (χ3v) is 7.19. The number of hydrogen-bond acceptors (Lipinski definition) is 2. The first-order valence-electron chi connectivity index (χ1n) is 13.2. The van der Waals surface area contributed by atoms with E-state index >= 15 is 4.39 Å². The van der Waals surface area contributed by atoms with Crippen molar-refractivity contribution in [2.24, 2.45) is 5.92 Å². The normalized spacial score (nSPS) is 18.3. The van der Waals surface area contributed by atoms with Gasteiger partial charge in [-0.05, 0) is 73.3 Å². The predicted octanol–water partition coefficient (Wildman–Crippen LogP) is 9.08. The van der Waals surface area contributed by atoms with Gasteiger partial charge >= 0.3 is 5.97 Å². The third-order valence-electron chi connectivity index (χ3n) is 7.19. The van der Waals surface area contributed by atoms with Gasteiger partial charge in [0.15, 0.2) is 0 Å². The Balaban J connectivity index is 1.54. The van der Waals surface area contributed by atoms with Gasteiger partial charge in [0, 0.05) is 5.56 Å². The van der Waals surface area contributed by atoms with Crippen molar-refractivity contribution in [1.82, 2.24) is 0 Å². The van der Waals surface area contributed by atoms with Crippen LogP contribution in [0.25, 0.3) is 11.1 Å². The van der Waals surface area contributed by atoms with E-state index < -0.39 is 0 Å². The summed E-state index contributed by atoms with van der Waals surface area (Å²) in [6.07, 6.45) is 14.5. The molecule has 0 aromatic heterocycles. The molecular formula is C30H41FO2. The zero-order valence-electron chi connectivity index (χ0n) is 20.6. The van der Waals surface area contributed by atoms with Gasteiger partial charge in [0.25, 0.3) is 0 Å². The second kappa shape index (κ2) is 13.5. The number of benzene rings is 2. The summed E-state index contributed by atoms with van der Waals surface area (Å²) >= 11 is 0. The molecule has 0 saturated heterocycles. The lowest BCUT2D eigenvalue weighted by Gasteiger charge is -2.29. The van der Waals surface area contributed by atoms with E-state index in [1.165, 1.54) is 51.4 Å². The Bertz CT molecular complexity index is 850. The van der Waals surface area contributed by atoms with Gasteiger partial charge in [-0.15, -0.1) is 0 Å². The number of esters is 1. The molecule has 0 N–H and O–H groups in total. The van der Waals surface area contributed by atoms with Crippen LogP contribution in [0.5, 0.6) is 0 Å².